The van der Waals surface area contributed by atoms with Gasteiger partial charge in [-0.15, -0.1) is 0 Å². The Bertz CT molecular complexity index is 620. The first-order valence-electron chi connectivity index (χ1n) is 7.36. The Balaban J connectivity index is 1.74. The lowest BCUT2D eigenvalue weighted by Gasteiger charge is -2.18. The molecule has 1 saturated heterocycles. The molecular weight excluding hydrogens is 264 g/mol. The highest BCUT2D eigenvalue weighted by Gasteiger charge is 2.32. The number of pyridine rings is 1. The van der Waals surface area contributed by atoms with Gasteiger partial charge in [-0.2, -0.15) is 0 Å². The molecule has 0 radical (unpaired) electrons. The molecule has 2 aromatic rings. The molecular formula is C16H20N4O. The topological polar surface area (TPSA) is 61.9 Å². The van der Waals surface area contributed by atoms with Crippen LogP contribution in [-0.2, 0) is 4.79 Å². The van der Waals surface area contributed by atoms with Crippen molar-refractivity contribution >= 4 is 5.91 Å². The second-order valence-corrected chi connectivity index (χ2v) is 6.02. The number of carbonyl (C=O) groups is 1. The maximum absolute atomic E-state index is 12.0. The van der Waals surface area contributed by atoms with Gasteiger partial charge in [0.15, 0.2) is 0 Å². The number of aromatic nitrogens is 3. The van der Waals surface area contributed by atoms with Crippen LogP contribution < -0.4 is 0 Å². The van der Waals surface area contributed by atoms with Crippen molar-refractivity contribution in [3.8, 4) is 11.3 Å². The fraction of sp³-hybridized carbons (Fsp3) is 0.438. The first kappa shape index (κ1) is 13.8. The highest BCUT2D eigenvalue weighted by atomic mass is 16.2. The van der Waals surface area contributed by atoms with Gasteiger partial charge in [0.2, 0.25) is 5.91 Å². The van der Waals surface area contributed by atoms with Gasteiger partial charge in [0.1, 0.15) is 5.82 Å². The summed E-state index contributed by atoms with van der Waals surface area (Å²) in [4.78, 5) is 25.9. The molecule has 1 N–H and O–H groups in total. The van der Waals surface area contributed by atoms with Gasteiger partial charge in [0.05, 0.1) is 11.9 Å². The number of amides is 1. The van der Waals surface area contributed by atoms with Crippen molar-refractivity contribution in [2.75, 3.05) is 13.1 Å². The molecule has 1 atom stereocenters. The van der Waals surface area contributed by atoms with E-state index in [4.69, 9.17) is 0 Å². The monoisotopic (exact) mass is 284 g/mol. The Hall–Kier alpha value is -2.17. The van der Waals surface area contributed by atoms with Gasteiger partial charge in [0, 0.05) is 43.4 Å². The smallest absolute Gasteiger partial charge is 0.223 e. The van der Waals surface area contributed by atoms with E-state index >= 15 is 0 Å². The molecule has 5 nitrogen and oxygen atoms in total. The summed E-state index contributed by atoms with van der Waals surface area (Å²) in [6, 6.07) is 3.90. The average molecular weight is 284 g/mol. The van der Waals surface area contributed by atoms with Gasteiger partial charge < -0.3 is 9.88 Å². The van der Waals surface area contributed by atoms with Crippen molar-refractivity contribution < 1.29 is 4.79 Å². The number of imidazole rings is 1. The molecule has 0 aliphatic carbocycles. The predicted molar refractivity (Wildman–Crippen MR) is 80.6 cm³/mol. The van der Waals surface area contributed by atoms with Crippen molar-refractivity contribution in [1.29, 1.82) is 0 Å². The van der Waals surface area contributed by atoms with Crippen LogP contribution in [0, 0.1) is 5.92 Å². The molecule has 1 fully saturated rings. The highest BCUT2D eigenvalue weighted by molar-refractivity contribution is 5.79. The van der Waals surface area contributed by atoms with Crippen LogP contribution >= 0.6 is 0 Å². The van der Waals surface area contributed by atoms with Crippen molar-refractivity contribution in [3.05, 3.63) is 36.5 Å². The van der Waals surface area contributed by atoms with E-state index in [9.17, 15) is 4.79 Å². The van der Waals surface area contributed by atoms with Crippen LogP contribution in [0.25, 0.3) is 11.3 Å². The number of likely N-dealkylation sites (tertiary alicyclic amines) is 1. The minimum Gasteiger partial charge on any atom is -0.342 e. The van der Waals surface area contributed by atoms with Gasteiger partial charge in [-0.05, 0) is 18.1 Å². The lowest BCUT2D eigenvalue weighted by molar-refractivity contribution is -0.128. The zero-order valence-corrected chi connectivity index (χ0v) is 12.4. The number of hydrogen-bond donors (Lipinski definition) is 1. The van der Waals surface area contributed by atoms with E-state index in [-0.39, 0.29) is 11.8 Å². The standard InChI is InChI=1S/C16H20N4O/c1-11(2)9-20-10-13(6-15(20)21)16-18-8-14(19-16)12-4-3-5-17-7-12/h3-5,7-8,11,13H,6,9-10H2,1-2H3,(H,18,19)/t13-/m1/s1. The number of H-pyrrole nitrogens is 1. The van der Waals surface area contributed by atoms with E-state index in [2.05, 4.69) is 28.8 Å². The third-order valence-electron chi connectivity index (χ3n) is 3.75. The van der Waals surface area contributed by atoms with Crippen LogP contribution in [0.5, 0.6) is 0 Å². The normalized spacial score (nSPS) is 18.7. The van der Waals surface area contributed by atoms with E-state index < -0.39 is 0 Å². The number of hydrogen-bond acceptors (Lipinski definition) is 3. The second-order valence-electron chi connectivity index (χ2n) is 6.02. The molecule has 0 bridgehead atoms. The minimum atomic E-state index is 0.168. The molecule has 110 valence electrons. The zero-order valence-electron chi connectivity index (χ0n) is 12.4. The molecule has 0 saturated carbocycles. The Morgan fingerprint density at radius 2 is 2.29 bits per heavy atom. The molecule has 5 heteroatoms. The van der Waals surface area contributed by atoms with Crippen molar-refractivity contribution in [1.82, 2.24) is 19.9 Å². The van der Waals surface area contributed by atoms with Gasteiger partial charge in [-0.3, -0.25) is 9.78 Å². The summed E-state index contributed by atoms with van der Waals surface area (Å²) in [6.45, 7) is 5.85. The third kappa shape index (κ3) is 2.96. The van der Waals surface area contributed by atoms with Gasteiger partial charge in [-0.25, -0.2) is 4.98 Å². The Morgan fingerprint density at radius 1 is 1.43 bits per heavy atom. The quantitative estimate of drug-likeness (QED) is 0.938. The first-order chi connectivity index (χ1) is 10.1. The number of nitrogens with zero attached hydrogens (tertiary/aromatic N) is 3. The number of carbonyl (C=O) groups excluding carboxylic acids is 1. The average Bonchev–Trinajstić information content (AvgIpc) is 3.07. The Morgan fingerprint density at radius 3 is 3.00 bits per heavy atom. The number of nitrogens with one attached hydrogen (secondary N) is 1. The lowest BCUT2D eigenvalue weighted by Crippen LogP contribution is -2.29. The zero-order chi connectivity index (χ0) is 14.8. The largest absolute Gasteiger partial charge is 0.342 e. The molecule has 21 heavy (non-hydrogen) atoms. The molecule has 1 aliphatic rings. The molecule has 1 amide bonds. The molecule has 3 rings (SSSR count). The first-order valence-corrected chi connectivity index (χ1v) is 7.36. The highest BCUT2D eigenvalue weighted by Crippen LogP contribution is 2.28. The summed E-state index contributed by atoms with van der Waals surface area (Å²) in [5.74, 6) is 1.79. The molecule has 3 heterocycles. The van der Waals surface area contributed by atoms with Crippen molar-refractivity contribution in [2.45, 2.75) is 26.2 Å². The van der Waals surface area contributed by atoms with E-state index in [1.54, 1.807) is 6.20 Å². The molecule has 2 aromatic heterocycles. The van der Waals surface area contributed by atoms with Gasteiger partial charge in [-0.1, -0.05) is 13.8 Å². The van der Waals surface area contributed by atoms with Gasteiger partial charge in [0.25, 0.3) is 0 Å². The van der Waals surface area contributed by atoms with Crippen LogP contribution in [0.3, 0.4) is 0 Å². The van der Waals surface area contributed by atoms with E-state index in [1.807, 2.05) is 29.4 Å². The summed E-state index contributed by atoms with van der Waals surface area (Å²) >= 11 is 0. The summed E-state index contributed by atoms with van der Waals surface area (Å²) in [5.41, 5.74) is 1.97. The summed E-state index contributed by atoms with van der Waals surface area (Å²) in [6.07, 6.45) is 5.93. The molecule has 1 aliphatic heterocycles. The van der Waals surface area contributed by atoms with Crippen LogP contribution in [0.15, 0.2) is 30.7 Å². The SMILES string of the molecule is CC(C)CN1C[C@H](c2ncc(-c3cccnc3)[nH]2)CC1=O. The van der Waals surface area contributed by atoms with Crippen LogP contribution in [-0.4, -0.2) is 38.8 Å². The third-order valence-corrected chi connectivity index (χ3v) is 3.75. The lowest BCUT2D eigenvalue weighted by atomic mass is 10.1. The summed E-state index contributed by atoms with van der Waals surface area (Å²) in [7, 11) is 0. The van der Waals surface area contributed by atoms with Crippen molar-refractivity contribution in [3.63, 3.8) is 0 Å². The van der Waals surface area contributed by atoms with Gasteiger partial charge >= 0.3 is 0 Å². The van der Waals surface area contributed by atoms with E-state index in [0.717, 1.165) is 30.2 Å². The number of aromatic amines is 1. The predicted octanol–water partition coefficient (Wildman–Crippen LogP) is 2.44. The summed E-state index contributed by atoms with van der Waals surface area (Å²) in [5, 5.41) is 0. The maximum atomic E-state index is 12.0. The molecule has 0 aromatic carbocycles. The van der Waals surface area contributed by atoms with Crippen molar-refractivity contribution in [2.24, 2.45) is 5.92 Å². The fourth-order valence-corrected chi connectivity index (χ4v) is 2.79. The second kappa shape index (κ2) is 5.68. The van der Waals surface area contributed by atoms with Crippen LogP contribution in [0.1, 0.15) is 32.0 Å². The fourth-order valence-electron chi connectivity index (χ4n) is 2.79. The number of rotatable bonds is 4. The maximum Gasteiger partial charge on any atom is 0.223 e. The summed E-state index contributed by atoms with van der Waals surface area (Å²) < 4.78 is 0. The molecule has 0 unspecified atom stereocenters. The Labute approximate surface area is 124 Å². The van der Waals surface area contributed by atoms with Crippen LogP contribution in [0.4, 0.5) is 0 Å². The molecule has 0 spiro atoms. The van der Waals surface area contributed by atoms with Crippen LogP contribution in [0.2, 0.25) is 0 Å². The Kier molecular flexibility index (Phi) is 3.73. The van der Waals surface area contributed by atoms with E-state index in [0.29, 0.717) is 12.3 Å². The minimum absolute atomic E-state index is 0.168. The van der Waals surface area contributed by atoms with E-state index in [1.165, 1.54) is 0 Å².